The zero-order chi connectivity index (χ0) is 13.5. The van der Waals surface area contributed by atoms with Gasteiger partial charge in [0, 0.05) is 12.7 Å². The Morgan fingerprint density at radius 1 is 1.50 bits per heavy atom. The van der Waals surface area contributed by atoms with Gasteiger partial charge in [0.25, 0.3) is 0 Å². The van der Waals surface area contributed by atoms with Crippen LogP contribution in [0.3, 0.4) is 0 Å². The van der Waals surface area contributed by atoms with Crippen LogP contribution < -0.4 is 11.1 Å². The number of carboxylic acids is 1. The summed E-state index contributed by atoms with van der Waals surface area (Å²) < 4.78 is 0. The summed E-state index contributed by atoms with van der Waals surface area (Å²) in [5.74, 6) is -1.28. The summed E-state index contributed by atoms with van der Waals surface area (Å²) in [7, 11) is 0. The molecule has 1 heterocycles. The number of carboxylic acid groups (broad SMARTS) is 1. The molecule has 0 spiro atoms. The van der Waals surface area contributed by atoms with Gasteiger partial charge >= 0.3 is 5.97 Å². The Hall–Kier alpha value is -1.95. The molecule has 1 aromatic heterocycles. The molecule has 6 nitrogen and oxygen atoms in total. The molecule has 0 saturated heterocycles. The van der Waals surface area contributed by atoms with E-state index in [1.54, 1.807) is 6.07 Å². The van der Waals surface area contributed by atoms with E-state index >= 15 is 0 Å². The quantitative estimate of drug-likeness (QED) is 0.683. The predicted octanol–water partition coefficient (Wildman–Crippen LogP) is 0.523. The van der Waals surface area contributed by atoms with Crippen LogP contribution in [0.5, 0.6) is 0 Å². The van der Waals surface area contributed by atoms with Crippen molar-refractivity contribution in [1.82, 2.24) is 10.3 Å². The molecule has 6 heteroatoms. The number of pyridine rings is 1. The summed E-state index contributed by atoms with van der Waals surface area (Å²) in [6, 6.07) is 2.51. The number of aromatic carboxylic acids is 1. The Labute approximate surface area is 105 Å². The molecule has 4 N–H and O–H groups in total. The molecule has 1 atom stereocenters. The third kappa shape index (κ3) is 4.14. The first-order valence-corrected chi connectivity index (χ1v) is 5.76. The molecular formula is C12H17N3O3. The normalized spacial score (nSPS) is 11.9. The van der Waals surface area contributed by atoms with Gasteiger partial charge in [-0.3, -0.25) is 4.79 Å². The number of aromatic nitrogens is 1. The summed E-state index contributed by atoms with van der Waals surface area (Å²) in [6.07, 6.45) is 2.92. The number of rotatable bonds is 6. The second-order valence-corrected chi connectivity index (χ2v) is 3.97. The molecule has 0 radical (unpaired) electrons. The van der Waals surface area contributed by atoms with Gasteiger partial charge in [0.05, 0.1) is 6.04 Å². The van der Waals surface area contributed by atoms with Crippen LogP contribution in [0.4, 0.5) is 0 Å². The SMILES string of the molecule is CCCC(N)C(=O)NCc1ccc(C(=O)O)nc1. The minimum absolute atomic E-state index is 0.0206. The van der Waals surface area contributed by atoms with Crippen molar-refractivity contribution in [1.29, 1.82) is 0 Å². The zero-order valence-corrected chi connectivity index (χ0v) is 10.2. The number of hydrogen-bond acceptors (Lipinski definition) is 4. The van der Waals surface area contributed by atoms with Gasteiger partial charge in [-0.2, -0.15) is 0 Å². The maximum Gasteiger partial charge on any atom is 0.354 e. The molecule has 0 aromatic carbocycles. The fourth-order valence-electron chi connectivity index (χ4n) is 1.42. The number of amides is 1. The molecule has 1 unspecified atom stereocenters. The summed E-state index contributed by atoms with van der Waals surface area (Å²) >= 11 is 0. The van der Waals surface area contributed by atoms with Gasteiger partial charge < -0.3 is 16.2 Å². The average Bonchev–Trinajstić information content (AvgIpc) is 2.36. The number of carbonyl (C=O) groups excluding carboxylic acids is 1. The Balaban J connectivity index is 2.48. The van der Waals surface area contributed by atoms with Gasteiger partial charge in [0.15, 0.2) is 0 Å². The molecule has 98 valence electrons. The lowest BCUT2D eigenvalue weighted by atomic mass is 10.1. The Bertz CT molecular complexity index is 417. The maximum absolute atomic E-state index is 11.5. The van der Waals surface area contributed by atoms with Gasteiger partial charge in [-0.05, 0) is 18.1 Å². The van der Waals surface area contributed by atoms with Gasteiger partial charge in [-0.25, -0.2) is 9.78 Å². The Morgan fingerprint density at radius 2 is 2.22 bits per heavy atom. The lowest BCUT2D eigenvalue weighted by molar-refractivity contribution is -0.122. The minimum Gasteiger partial charge on any atom is -0.477 e. The number of carbonyl (C=O) groups is 2. The van der Waals surface area contributed by atoms with E-state index < -0.39 is 12.0 Å². The van der Waals surface area contributed by atoms with Crippen LogP contribution in [-0.2, 0) is 11.3 Å². The van der Waals surface area contributed by atoms with Crippen LogP contribution in [0, 0.1) is 0 Å². The Kier molecular flexibility index (Phi) is 5.26. The monoisotopic (exact) mass is 251 g/mol. The van der Waals surface area contributed by atoms with E-state index in [9.17, 15) is 9.59 Å². The van der Waals surface area contributed by atoms with Crippen molar-refractivity contribution >= 4 is 11.9 Å². The number of nitrogens with one attached hydrogen (secondary N) is 1. The van der Waals surface area contributed by atoms with Gasteiger partial charge in [0.1, 0.15) is 5.69 Å². The van der Waals surface area contributed by atoms with Crippen molar-refractivity contribution in [3.8, 4) is 0 Å². The van der Waals surface area contributed by atoms with E-state index in [0.29, 0.717) is 13.0 Å². The van der Waals surface area contributed by atoms with Crippen molar-refractivity contribution in [3.05, 3.63) is 29.6 Å². The summed E-state index contributed by atoms with van der Waals surface area (Å²) in [5, 5.41) is 11.4. The topological polar surface area (TPSA) is 105 Å². The average molecular weight is 251 g/mol. The molecule has 18 heavy (non-hydrogen) atoms. The van der Waals surface area contributed by atoms with E-state index in [0.717, 1.165) is 12.0 Å². The van der Waals surface area contributed by atoms with Crippen LogP contribution in [0.15, 0.2) is 18.3 Å². The number of nitrogens with two attached hydrogens (primary N) is 1. The van der Waals surface area contributed by atoms with Gasteiger partial charge in [-0.15, -0.1) is 0 Å². The molecule has 0 aliphatic carbocycles. The fourth-order valence-corrected chi connectivity index (χ4v) is 1.42. The fraction of sp³-hybridized carbons (Fsp3) is 0.417. The van der Waals surface area contributed by atoms with Gasteiger partial charge in [0.2, 0.25) is 5.91 Å². The minimum atomic E-state index is -1.07. The standard InChI is InChI=1S/C12H17N3O3/c1-2-3-9(13)11(16)15-7-8-4-5-10(12(17)18)14-6-8/h4-6,9H,2-3,7,13H2,1H3,(H,15,16)(H,17,18). The Morgan fingerprint density at radius 3 is 2.72 bits per heavy atom. The summed E-state index contributed by atoms with van der Waals surface area (Å²) in [5.41, 5.74) is 6.36. The maximum atomic E-state index is 11.5. The summed E-state index contributed by atoms with van der Waals surface area (Å²) in [4.78, 5) is 25.9. The van der Waals surface area contributed by atoms with Crippen molar-refractivity contribution < 1.29 is 14.7 Å². The van der Waals surface area contributed by atoms with E-state index in [1.165, 1.54) is 12.3 Å². The first-order chi connectivity index (χ1) is 8.54. The highest BCUT2D eigenvalue weighted by atomic mass is 16.4. The molecule has 0 fully saturated rings. The van der Waals surface area contributed by atoms with Crippen LogP contribution in [-0.4, -0.2) is 28.0 Å². The van der Waals surface area contributed by atoms with Crippen molar-refractivity contribution in [2.45, 2.75) is 32.4 Å². The summed E-state index contributed by atoms with van der Waals surface area (Å²) in [6.45, 7) is 2.25. The molecule has 1 aromatic rings. The largest absolute Gasteiger partial charge is 0.477 e. The first-order valence-electron chi connectivity index (χ1n) is 5.76. The molecule has 0 aliphatic rings. The second kappa shape index (κ2) is 6.70. The molecular weight excluding hydrogens is 234 g/mol. The predicted molar refractivity (Wildman–Crippen MR) is 65.9 cm³/mol. The van der Waals surface area contributed by atoms with Crippen LogP contribution in [0.1, 0.15) is 35.8 Å². The van der Waals surface area contributed by atoms with Gasteiger partial charge in [-0.1, -0.05) is 19.4 Å². The lowest BCUT2D eigenvalue weighted by Crippen LogP contribution is -2.40. The van der Waals surface area contributed by atoms with Crippen LogP contribution >= 0.6 is 0 Å². The highest BCUT2D eigenvalue weighted by Gasteiger charge is 2.11. The highest BCUT2D eigenvalue weighted by molar-refractivity contribution is 5.85. The first kappa shape index (κ1) is 14.1. The van der Waals surface area contributed by atoms with Crippen molar-refractivity contribution in [2.24, 2.45) is 5.73 Å². The third-order valence-corrected chi connectivity index (χ3v) is 2.45. The van der Waals surface area contributed by atoms with Crippen molar-refractivity contribution in [2.75, 3.05) is 0 Å². The number of hydrogen-bond donors (Lipinski definition) is 3. The lowest BCUT2D eigenvalue weighted by Gasteiger charge is -2.10. The smallest absolute Gasteiger partial charge is 0.354 e. The second-order valence-electron chi connectivity index (χ2n) is 3.97. The zero-order valence-electron chi connectivity index (χ0n) is 10.2. The molecule has 0 saturated carbocycles. The van der Waals surface area contributed by atoms with E-state index in [1.807, 2.05) is 6.92 Å². The van der Waals surface area contributed by atoms with Crippen molar-refractivity contribution in [3.63, 3.8) is 0 Å². The van der Waals surface area contributed by atoms with E-state index in [-0.39, 0.29) is 11.6 Å². The molecule has 0 aliphatic heterocycles. The third-order valence-electron chi connectivity index (χ3n) is 2.45. The van der Waals surface area contributed by atoms with E-state index in [2.05, 4.69) is 10.3 Å². The molecule has 0 bridgehead atoms. The highest BCUT2D eigenvalue weighted by Crippen LogP contribution is 2.01. The van der Waals surface area contributed by atoms with Crippen LogP contribution in [0.25, 0.3) is 0 Å². The van der Waals surface area contributed by atoms with Crippen LogP contribution in [0.2, 0.25) is 0 Å². The number of nitrogens with zero attached hydrogens (tertiary/aromatic N) is 1. The van der Waals surface area contributed by atoms with E-state index in [4.69, 9.17) is 10.8 Å². The molecule has 1 amide bonds. The molecule has 1 rings (SSSR count).